The molecule has 2 fully saturated rings. The Kier molecular flexibility index (Phi) is 3.38. The fourth-order valence-electron chi connectivity index (χ4n) is 3.17. The lowest BCUT2D eigenvalue weighted by Gasteiger charge is -2.21. The van der Waals surface area contributed by atoms with E-state index < -0.39 is 0 Å². The van der Waals surface area contributed by atoms with Crippen LogP contribution in [0.1, 0.15) is 49.1 Å². The quantitative estimate of drug-likeness (QED) is 0.854. The van der Waals surface area contributed by atoms with Crippen LogP contribution >= 0.6 is 0 Å². The molecule has 98 valence electrons. The third-order valence-electron chi connectivity index (χ3n) is 4.53. The molecule has 0 saturated heterocycles. The van der Waals surface area contributed by atoms with Crippen molar-refractivity contribution in [1.82, 2.24) is 5.32 Å². The van der Waals surface area contributed by atoms with E-state index in [0.717, 1.165) is 18.2 Å². The summed E-state index contributed by atoms with van der Waals surface area (Å²) < 4.78 is 13.7. The minimum atomic E-state index is -0.0479. The van der Waals surface area contributed by atoms with Gasteiger partial charge in [-0.1, -0.05) is 18.6 Å². The minimum Gasteiger partial charge on any atom is -0.314 e. The van der Waals surface area contributed by atoms with Crippen LogP contribution in [0.3, 0.4) is 0 Å². The molecule has 1 aromatic rings. The normalized spacial score (nSPS) is 27.7. The van der Waals surface area contributed by atoms with Crippen LogP contribution in [0.2, 0.25) is 0 Å². The largest absolute Gasteiger partial charge is 0.314 e. The number of hydrogen-bond acceptors (Lipinski definition) is 1. The zero-order valence-corrected chi connectivity index (χ0v) is 11.1. The fourth-order valence-corrected chi connectivity index (χ4v) is 3.17. The van der Waals surface area contributed by atoms with Crippen LogP contribution in [0.4, 0.5) is 4.39 Å². The molecule has 1 nitrogen and oxygen atoms in total. The number of hydrogen-bond donors (Lipinski definition) is 1. The van der Waals surface area contributed by atoms with Gasteiger partial charge in [0.05, 0.1) is 0 Å². The van der Waals surface area contributed by atoms with Crippen molar-refractivity contribution in [3.05, 3.63) is 35.1 Å². The minimum absolute atomic E-state index is 0.0479. The molecule has 0 amide bonds. The van der Waals surface area contributed by atoms with E-state index in [1.54, 1.807) is 6.07 Å². The van der Waals surface area contributed by atoms with Gasteiger partial charge in [-0.25, -0.2) is 4.39 Å². The summed E-state index contributed by atoms with van der Waals surface area (Å²) in [5.41, 5.74) is 1.96. The van der Waals surface area contributed by atoms with E-state index in [4.69, 9.17) is 0 Å². The van der Waals surface area contributed by atoms with Gasteiger partial charge >= 0.3 is 0 Å². The van der Waals surface area contributed by atoms with Crippen LogP contribution in [0, 0.1) is 18.7 Å². The van der Waals surface area contributed by atoms with Gasteiger partial charge in [0.15, 0.2) is 0 Å². The first-order chi connectivity index (χ1) is 8.74. The molecule has 0 spiro atoms. The average Bonchev–Trinajstić information content (AvgIpc) is 3.08. The van der Waals surface area contributed by atoms with Crippen LogP contribution < -0.4 is 5.32 Å². The highest BCUT2D eigenvalue weighted by molar-refractivity contribution is 5.27. The zero-order chi connectivity index (χ0) is 12.5. The predicted octanol–water partition coefficient (Wildman–Crippen LogP) is 3.77. The maximum atomic E-state index is 13.7. The summed E-state index contributed by atoms with van der Waals surface area (Å²) in [4.78, 5) is 0. The second-order valence-corrected chi connectivity index (χ2v) is 5.99. The molecular weight excluding hydrogens is 225 g/mol. The highest BCUT2D eigenvalue weighted by Gasteiger charge is 2.30. The van der Waals surface area contributed by atoms with Crippen molar-refractivity contribution in [2.75, 3.05) is 6.54 Å². The van der Waals surface area contributed by atoms with Crippen molar-refractivity contribution in [3.63, 3.8) is 0 Å². The molecular formula is C16H22FN. The van der Waals surface area contributed by atoms with Crippen molar-refractivity contribution < 1.29 is 4.39 Å². The van der Waals surface area contributed by atoms with E-state index in [1.807, 2.05) is 13.0 Å². The molecule has 0 radical (unpaired) electrons. The first-order valence-electron chi connectivity index (χ1n) is 7.23. The van der Waals surface area contributed by atoms with Gasteiger partial charge in [0.1, 0.15) is 5.82 Å². The number of benzene rings is 1. The molecule has 0 heterocycles. The molecule has 0 aliphatic heterocycles. The van der Waals surface area contributed by atoms with Crippen LogP contribution in [-0.2, 0) is 0 Å². The van der Waals surface area contributed by atoms with Gasteiger partial charge in [-0.3, -0.25) is 0 Å². The smallest absolute Gasteiger partial charge is 0.126 e. The van der Waals surface area contributed by atoms with Gasteiger partial charge in [0, 0.05) is 6.04 Å². The van der Waals surface area contributed by atoms with E-state index in [2.05, 4.69) is 11.4 Å². The fraction of sp³-hybridized carbons (Fsp3) is 0.625. The lowest BCUT2D eigenvalue weighted by atomic mass is 9.88. The maximum Gasteiger partial charge on any atom is 0.126 e. The summed E-state index contributed by atoms with van der Waals surface area (Å²) in [7, 11) is 0. The molecule has 0 bridgehead atoms. The maximum absolute atomic E-state index is 13.7. The summed E-state index contributed by atoms with van der Waals surface area (Å²) in [5.74, 6) is 1.22. The Labute approximate surface area is 109 Å². The molecule has 0 aromatic heterocycles. The monoisotopic (exact) mass is 247 g/mol. The molecule has 2 unspecified atom stereocenters. The van der Waals surface area contributed by atoms with E-state index in [1.165, 1.54) is 37.7 Å². The summed E-state index contributed by atoms with van der Waals surface area (Å²) in [6.07, 6.45) is 6.49. The summed E-state index contributed by atoms with van der Waals surface area (Å²) >= 11 is 0. The average molecular weight is 247 g/mol. The third kappa shape index (κ3) is 2.59. The predicted molar refractivity (Wildman–Crippen MR) is 72.2 cm³/mol. The molecule has 2 atom stereocenters. The Morgan fingerprint density at radius 1 is 1.22 bits per heavy atom. The Hall–Kier alpha value is -0.890. The molecule has 2 heteroatoms. The molecule has 18 heavy (non-hydrogen) atoms. The van der Waals surface area contributed by atoms with Crippen LogP contribution in [0.15, 0.2) is 18.2 Å². The summed E-state index contributed by atoms with van der Waals surface area (Å²) in [6.45, 7) is 2.95. The van der Waals surface area contributed by atoms with Gasteiger partial charge in [-0.15, -0.1) is 0 Å². The Balaban J connectivity index is 1.70. The summed E-state index contributed by atoms with van der Waals surface area (Å²) in [6, 6.07) is 6.59. The third-order valence-corrected chi connectivity index (χ3v) is 4.53. The molecule has 2 aliphatic rings. The number of rotatable bonds is 4. The van der Waals surface area contributed by atoms with Gasteiger partial charge in [0.2, 0.25) is 0 Å². The number of nitrogens with one attached hydrogen (secondary N) is 1. The van der Waals surface area contributed by atoms with Crippen molar-refractivity contribution in [1.29, 1.82) is 0 Å². The molecule has 2 saturated carbocycles. The van der Waals surface area contributed by atoms with Gasteiger partial charge in [-0.05, 0) is 68.2 Å². The highest BCUT2D eigenvalue weighted by Crippen LogP contribution is 2.40. The Morgan fingerprint density at radius 3 is 2.78 bits per heavy atom. The SMILES string of the molecule is Cc1ccc(C2CCCC2CNC2CC2)cc1F. The van der Waals surface area contributed by atoms with E-state index in [9.17, 15) is 4.39 Å². The van der Waals surface area contributed by atoms with Gasteiger partial charge < -0.3 is 5.32 Å². The van der Waals surface area contributed by atoms with E-state index in [-0.39, 0.29) is 5.82 Å². The number of aryl methyl sites for hydroxylation is 1. The molecule has 1 N–H and O–H groups in total. The molecule has 3 rings (SSSR count). The molecule has 2 aliphatic carbocycles. The van der Waals surface area contributed by atoms with E-state index in [0.29, 0.717) is 11.8 Å². The second kappa shape index (κ2) is 5.00. The van der Waals surface area contributed by atoms with Crippen molar-refractivity contribution in [2.45, 2.75) is 51.0 Å². The summed E-state index contributed by atoms with van der Waals surface area (Å²) in [5, 5.41) is 3.63. The van der Waals surface area contributed by atoms with Crippen molar-refractivity contribution in [2.24, 2.45) is 5.92 Å². The van der Waals surface area contributed by atoms with Crippen LogP contribution in [0.25, 0.3) is 0 Å². The van der Waals surface area contributed by atoms with Gasteiger partial charge in [0.25, 0.3) is 0 Å². The Morgan fingerprint density at radius 2 is 2.06 bits per heavy atom. The first kappa shape index (κ1) is 12.2. The van der Waals surface area contributed by atoms with Crippen molar-refractivity contribution >= 4 is 0 Å². The Bertz CT molecular complexity index is 425. The second-order valence-electron chi connectivity index (χ2n) is 5.99. The lowest BCUT2D eigenvalue weighted by molar-refractivity contribution is 0.441. The number of halogens is 1. The van der Waals surface area contributed by atoms with Crippen molar-refractivity contribution in [3.8, 4) is 0 Å². The topological polar surface area (TPSA) is 12.0 Å². The van der Waals surface area contributed by atoms with E-state index >= 15 is 0 Å². The first-order valence-corrected chi connectivity index (χ1v) is 7.23. The zero-order valence-electron chi connectivity index (χ0n) is 11.1. The van der Waals surface area contributed by atoms with Crippen LogP contribution in [-0.4, -0.2) is 12.6 Å². The highest BCUT2D eigenvalue weighted by atomic mass is 19.1. The van der Waals surface area contributed by atoms with Crippen LogP contribution in [0.5, 0.6) is 0 Å². The lowest BCUT2D eigenvalue weighted by Crippen LogP contribution is -2.26. The molecule has 1 aromatic carbocycles. The van der Waals surface area contributed by atoms with Gasteiger partial charge in [-0.2, -0.15) is 0 Å². The standard InChI is InChI=1S/C16H22FN/c1-11-5-6-12(9-16(11)17)15-4-2-3-13(15)10-18-14-7-8-14/h5-6,9,13-15,18H,2-4,7-8,10H2,1H3.